The van der Waals surface area contributed by atoms with Crippen LogP contribution in [0, 0.1) is 11.8 Å². The molecule has 0 radical (unpaired) electrons. The van der Waals surface area contributed by atoms with Crippen molar-refractivity contribution >= 4 is 12.1 Å². The average Bonchev–Trinajstić information content (AvgIpc) is 2.93. The molecule has 0 atom stereocenters. The van der Waals surface area contributed by atoms with E-state index in [2.05, 4.69) is 30.9 Å². The Morgan fingerprint density at radius 3 is 2.59 bits per heavy atom. The van der Waals surface area contributed by atoms with Gasteiger partial charge in [0.15, 0.2) is 5.78 Å². The van der Waals surface area contributed by atoms with Gasteiger partial charge in [-0.2, -0.15) is 0 Å². The highest BCUT2D eigenvalue weighted by Crippen LogP contribution is 2.14. The molecule has 1 aliphatic rings. The molecule has 2 heteroatoms. The van der Waals surface area contributed by atoms with E-state index in [0.29, 0.717) is 6.42 Å². The minimum absolute atomic E-state index is 0.185. The normalized spacial score (nSPS) is 14.6. The zero-order valence-corrected chi connectivity index (χ0v) is 13.9. The first-order chi connectivity index (χ1) is 10.8. The molecule has 0 amide bonds. The Kier molecular flexibility index (Phi) is 14.2. The van der Waals surface area contributed by atoms with E-state index >= 15 is 0 Å². The molecule has 0 aliphatic heterocycles. The molecule has 22 heavy (non-hydrogen) atoms. The summed E-state index contributed by atoms with van der Waals surface area (Å²) in [6.07, 6.45) is 18.1. The fourth-order valence-corrected chi connectivity index (χ4v) is 1.85. The van der Waals surface area contributed by atoms with Crippen molar-refractivity contribution in [1.82, 2.24) is 0 Å². The van der Waals surface area contributed by atoms with E-state index in [9.17, 15) is 9.59 Å². The average molecular weight is 300 g/mol. The Bertz CT molecular complexity index is 456. The van der Waals surface area contributed by atoms with Crippen molar-refractivity contribution in [2.24, 2.45) is 0 Å². The van der Waals surface area contributed by atoms with Gasteiger partial charge in [-0.1, -0.05) is 31.2 Å². The summed E-state index contributed by atoms with van der Waals surface area (Å²) in [4.78, 5) is 20.9. The lowest BCUT2D eigenvalue weighted by atomic mass is 10.1. The van der Waals surface area contributed by atoms with E-state index in [0.717, 1.165) is 56.8 Å². The molecule has 0 N–H and O–H groups in total. The van der Waals surface area contributed by atoms with Crippen molar-refractivity contribution in [2.75, 3.05) is 0 Å². The molecule has 0 aromatic heterocycles. The summed E-state index contributed by atoms with van der Waals surface area (Å²) in [5.41, 5.74) is 0.952. The summed E-state index contributed by atoms with van der Waals surface area (Å²) in [7, 11) is 0. The summed E-state index contributed by atoms with van der Waals surface area (Å²) in [5, 5.41) is 0. The van der Waals surface area contributed by atoms with Crippen LogP contribution in [0.5, 0.6) is 0 Å². The third-order valence-corrected chi connectivity index (χ3v) is 3.05. The second-order valence-corrected chi connectivity index (χ2v) is 4.97. The smallest absolute Gasteiger partial charge is 0.181 e. The quantitative estimate of drug-likeness (QED) is 0.219. The first-order valence-electron chi connectivity index (χ1n) is 8.16. The van der Waals surface area contributed by atoms with Gasteiger partial charge >= 0.3 is 0 Å². The summed E-state index contributed by atoms with van der Waals surface area (Å²) >= 11 is 0. The summed E-state index contributed by atoms with van der Waals surface area (Å²) < 4.78 is 0. The van der Waals surface area contributed by atoms with Gasteiger partial charge in [0, 0.05) is 19.3 Å². The summed E-state index contributed by atoms with van der Waals surface area (Å²) in [5.74, 6) is 6.31. The van der Waals surface area contributed by atoms with Gasteiger partial charge in [-0.3, -0.25) is 4.79 Å². The number of ketones is 1. The predicted octanol–water partition coefficient (Wildman–Crippen LogP) is 4.96. The van der Waals surface area contributed by atoms with E-state index in [4.69, 9.17) is 0 Å². The number of hydrogen-bond acceptors (Lipinski definition) is 2. The number of hydrogen-bond donors (Lipinski definition) is 0. The van der Waals surface area contributed by atoms with Gasteiger partial charge in [0.2, 0.25) is 0 Å². The number of carbonyl (C=O) groups excluding carboxylic acids is 2. The standard InChI is InChI=1S/C13H16O.C7H12O/c1-2-3-4-5-6-7-9-12-10-8-11-13(12)14;1-2-3-4-5-6-7-8/h8-9,11H,2,5-7,10H2,1H3;2-3,7H,4-6H2,1H3/b12-9+;3-2-. The highest BCUT2D eigenvalue weighted by atomic mass is 16.1. The van der Waals surface area contributed by atoms with Crippen molar-refractivity contribution in [3.05, 3.63) is 36.0 Å². The van der Waals surface area contributed by atoms with Crippen molar-refractivity contribution in [3.8, 4) is 11.8 Å². The maximum Gasteiger partial charge on any atom is 0.181 e. The molecular formula is C20H28O2. The van der Waals surface area contributed by atoms with E-state index in [1.165, 1.54) is 0 Å². The fourth-order valence-electron chi connectivity index (χ4n) is 1.85. The van der Waals surface area contributed by atoms with Crippen LogP contribution in [0.1, 0.15) is 65.2 Å². The molecule has 0 bridgehead atoms. The van der Waals surface area contributed by atoms with Gasteiger partial charge < -0.3 is 4.79 Å². The Morgan fingerprint density at radius 1 is 1.18 bits per heavy atom. The number of unbranched alkanes of at least 4 members (excludes halogenated alkanes) is 4. The molecule has 0 unspecified atom stereocenters. The van der Waals surface area contributed by atoms with Crippen molar-refractivity contribution in [1.29, 1.82) is 0 Å². The van der Waals surface area contributed by atoms with Gasteiger partial charge in [-0.05, 0) is 50.7 Å². The molecule has 0 saturated heterocycles. The van der Waals surface area contributed by atoms with Crippen LogP contribution in [0.25, 0.3) is 0 Å². The number of aldehydes is 1. The van der Waals surface area contributed by atoms with E-state index in [1.807, 2.05) is 19.1 Å². The highest BCUT2D eigenvalue weighted by molar-refractivity contribution is 6.06. The molecule has 1 aliphatic carbocycles. The predicted molar refractivity (Wildman–Crippen MR) is 93.5 cm³/mol. The van der Waals surface area contributed by atoms with Gasteiger partial charge in [0.1, 0.15) is 6.29 Å². The Morgan fingerprint density at radius 2 is 2.00 bits per heavy atom. The molecule has 0 aromatic rings. The Balaban J connectivity index is 0.000000472. The number of rotatable bonds is 7. The zero-order valence-electron chi connectivity index (χ0n) is 13.9. The molecule has 120 valence electrons. The molecule has 0 spiro atoms. The fraction of sp³-hybridized carbons (Fsp3) is 0.500. The lowest BCUT2D eigenvalue weighted by molar-refractivity contribution is -0.111. The SMILES string of the molecule is C/C=C\CCCC=O.CCC#CCCC/C=C1\CC=CC1=O. The molecule has 0 saturated carbocycles. The van der Waals surface area contributed by atoms with Gasteiger partial charge in [-0.15, -0.1) is 11.8 Å². The van der Waals surface area contributed by atoms with Crippen LogP contribution in [0.3, 0.4) is 0 Å². The number of allylic oxidation sites excluding steroid dienone is 6. The summed E-state index contributed by atoms with van der Waals surface area (Å²) in [6.45, 7) is 4.04. The zero-order chi connectivity index (χ0) is 16.5. The second-order valence-electron chi connectivity index (χ2n) is 4.97. The van der Waals surface area contributed by atoms with E-state index < -0.39 is 0 Å². The van der Waals surface area contributed by atoms with Crippen LogP contribution in [-0.4, -0.2) is 12.1 Å². The van der Waals surface area contributed by atoms with E-state index in [-0.39, 0.29) is 5.78 Å². The largest absolute Gasteiger partial charge is 0.303 e. The third-order valence-electron chi connectivity index (χ3n) is 3.05. The minimum atomic E-state index is 0.185. The minimum Gasteiger partial charge on any atom is -0.303 e. The molecule has 2 nitrogen and oxygen atoms in total. The second kappa shape index (κ2) is 15.5. The maximum absolute atomic E-state index is 11.2. The lowest BCUT2D eigenvalue weighted by Crippen LogP contribution is -1.90. The highest BCUT2D eigenvalue weighted by Gasteiger charge is 2.08. The Hall–Kier alpha value is -1.88. The van der Waals surface area contributed by atoms with Crippen molar-refractivity contribution in [3.63, 3.8) is 0 Å². The lowest BCUT2D eigenvalue weighted by Gasteiger charge is -1.93. The third kappa shape index (κ3) is 11.9. The molecule has 0 fully saturated rings. The van der Waals surface area contributed by atoms with Gasteiger partial charge in [0.25, 0.3) is 0 Å². The van der Waals surface area contributed by atoms with Crippen LogP contribution in [0.2, 0.25) is 0 Å². The van der Waals surface area contributed by atoms with Crippen LogP contribution >= 0.6 is 0 Å². The first-order valence-corrected chi connectivity index (χ1v) is 8.16. The van der Waals surface area contributed by atoms with E-state index in [1.54, 1.807) is 6.08 Å². The van der Waals surface area contributed by atoms with Crippen molar-refractivity contribution in [2.45, 2.75) is 65.2 Å². The van der Waals surface area contributed by atoms with Crippen molar-refractivity contribution < 1.29 is 9.59 Å². The first kappa shape index (κ1) is 20.1. The Labute approximate surface area is 135 Å². The van der Waals surface area contributed by atoms with Crippen LogP contribution in [0.4, 0.5) is 0 Å². The number of carbonyl (C=O) groups is 2. The topological polar surface area (TPSA) is 34.1 Å². The molecule has 0 heterocycles. The monoisotopic (exact) mass is 300 g/mol. The maximum atomic E-state index is 11.2. The van der Waals surface area contributed by atoms with Gasteiger partial charge in [0.05, 0.1) is 0 Å². The van der Waals surface area contributed by atoms with Crippen LogP contribution < -0.4 is 0 Å². The molecule has 1 rings (SSSR count). The molecule has 0 aromatic carbocycles. The molecular weight excluding hydrogens is 272 g/mol. The summed E-state index contributed by atoms with van der Waals surface area (Å²) in [6, 6.07) is 0. The van der Waals surface area contributed by atoms with Crippen LogP contribution in [0.15, 0.2) is 36.0 Å². The van der Waals surface area contributed by atoms with Crippen LogP contribution in [-0.2, 0) is 9.59 Å². The van der Waals surface area contributed by atoms with Gasteiger partial charge in [-0.25, -0.2) is 0 Å².